The van der Waals surface area contributed by atoms with Crippen LogP contribution in [0.2, 0.25) is 0 Å². The Morgan fingerprint density at radius 2 is 1.55 bits per heavy atom. The Morgan fingerprint density at radius 3 is 2.06 bits per heavy atom. The third-order valence-electron chi connectivity index (χ3n) is 6.19. The van der Waals surface area contributed by atoms with Crippen molar-refractivity contribution in [2.24, 2.45) is 11.3 Å². The maximum atomic E-state index is 12.6. The second kappa shape index (κ2) is 10.1. The number of amides is 2. The number of hydrogen-bond acceptors (Lipinski definition) is 4. The molecule has 3 N–H and O–H groups in total. The zero-order chi connectivity index (χ0) is 24.2. The Hall–Kier alpha value is -3.35. The van der Waals surface area contributed by atoms with E-state index in [0.29, 0.717) is 0 Å². The normalized spacial score (nSPS) is 13.7. The molecule has 0 aliphatic heterocycles. The fourth-order valence-corrected chi connectivity index (χ4v) is 4.02. The maximum absolute atomic E-state index is 12.6. The lowest BCUT2D eigenvalue weighted by molar-refractivity contribution is -0.147. The van der Waals surface area contributed by atoms with Crippen molar-refractivity contribution >= 4 is 18.0 Å². The van der Waals surface area contributed by atoms with Crippen LogP contribution in [0.3, 0.4) is 0 Å². The van der Waals surface area contributed by atoms with Crippen molar-refractivity contribution in [2.45, 2.75) is 46.1 Å². The van der Waals surface area contributed by atoms with E-state index in [9.17, 15) is 19.5 Å². The van der Waals surface area contributed by atoms with Crippen molar-refractivity contribution in [3.05, 3.63) is 59.7 Å². The number of ether oxygens (including phenoxy) is 1. The highest BCUT2D eigenvalue weighted by atomic mass is 16.5. The number of carbonyl (C=O) groups is 3. The van der Waals surface area contributed by atoms with Crippen LogP contribution < -0.4 is 10.6 Å². The number of hydrogen-bond donors (Lipinski definition) is 3. The molecule has 0 unspecified atom stereocenters. The summed E-state index contributed by atoms with van der Waals surface area (Å²) < 4.78 is 5.55. The minimum atomic E-state index is -0.944. The summed E-state index contributed by atoms with van der Waals surface area (Å²) in [5.41, 5.74) is 3.58. The third kappa shape index (κ3) is 5.53. The predicted molar refractivity (Wildman–Crippen MR) is 126 cm³/mol. The van der Waals surface area contributed by atoms with Crippen molar-refractivity contribution in [2.75, 3.05) is 13.2 Å². The van der Waals surface area contributed by atoms with Gasteiger partial charge >= 0.3 is 12.1 Å². The van der Waals surface area contributed by atoms with Crippen molar-refractivity contribution in [3.8, 4) is 11.1 Å². The molecule has 1 aliphatic carbocycles. The molecule has 2 amide bonds. The van der Waals surface area contributed by atoms with E-state index in [1.807, 2.05) is 50.2 Å². The van der Waals surface area contributed by atoms with Gasteiger partial charge in [-0.1, -0.05) is 62.4 Å². The van der Waals surface area contributed by atoms with Crippen LogP contribution in [-0.2, 0) is 14.3 Å². The molecule has 0 bridgehead atoms. The van der Waals surface area contributed by atoms with Crippen LogP contribution in [-0.4, -0.2) is 42.3 Å². The number of carbonyl (C=O) groups excluding carboxylic acids is 2. The molecular weight excluding hydrogens is 420 g/mol. The number of benzene rings is 2. The van der Waals surface area contributed by atoms with Crippen LogP contribution in [0.4, 0.5) is 4.79 Å². The standard InChI is InChI=1S/C26H32N2O5/c1-16(2)22(23(29)27-14-13-26(3,4)24(30)31)28-25(32)33-15-21-19-11-7-5-9-17(19)18-10-6-8-12-20(18)21/h5-12,16,21-22H,13-15H2,1-4H3,(H,27,29)(H,28,32)(H,30,31)/t22-/m0/s1. The van der Waals surface area contributed by atoms with E-state index in [1.165, 1.54) is 0 Å². The van der Waals surface area contributed by atoms with Gasteiger partial charge in [0.2, 0.25) is 5.91 Å². The molecule has 0 heterocycles. The Bertz CT molecular complexity index is 985. The summed E-state index contributed by atoms with van der Waals surface area (Å²) >= 11 is 0. The molecule has 3 rings (SSSR count). The first kappa shape index (κ1) is 24.3. The lowest BCUT2D eigenvalue weighted by Crippen LogP contribution is -2.50. The summed E-state index contributed by atoms with van der Waals surface area (Å²) in [5.74, 6) is -1.51. The van der Waals surface area contributed by atoms with E-state index in [1.54, 1.807) is 13.8 Å². The topological polar surface area (TPSA) is 105 Å². The van der Waals surface area contributed by atoms with Crippen LogP contribution >= 0.6 is 0 Å². The Morgan fingerprint density at radius 1 is 1.00 bits per heavy atom. The third-order valence-corrected chi connectivity index (χ3v) is 6.19. The number of alkyl carbamates (subject to hydrolysis) is 1. The van der Waals surface area contributed by atoms with Gasteiger partial charge in [0, 0.05) is 12.5 Å². The highest BCUT2D eigenvalue weighted by Gasteiger charge is 2.31. The number of fused-ring (bicyclic) bond motifs is 3. The van der Waals surface area contributed by atoms with Crippen molar-refractivity contribution in [1.82, 2.24) is 10.6 Å². The Balaban J connectivity index is 1.59. The summed E-state index contributed by atoms with van der Waals surface area (Å²) in [6, 6.07) is 15.4. The molecule has 0 spiro atoms. The lowest BCUT2D eigenvalue weighted by atomic mass is 9.89. The smallest absolute Gasteiger partial charge is 0.407 e. The van der Waals surface area contributed by atoms with Gasteiger partial charge in [-0.05, 0) is 48.4 Å². The highest BCUT2D eigenvalue weighted by molar-refractivity contribution is 5.86. The molecule has 0 fully saturated rings. The van der Waals surface area contributed by atoms with Gasteiger partial charge in [0.25, 0.3) is 0 Å². The van der Waals surface area contributed by atoms with E-state index in [-0.39, 0.29) is 37.3 Å². The van der Waals surface area contributed by atoms with Gasteiger partial charge in [0.1, 0.15) is 12.6 Å². The fraction of sp³-hybridized carbons (Fsp3) is 0.423. The molecule has 0 aromatic heterocycles. The van der Waals surface area contributed by atoms with E-state index in [4.69, 9.17) is 4.74 Å². The number of aliphatic carboxylic acids is 1. The van der Waals surface area contributed by atoms with E-state index in [0.717, 1.165) is 22.3 Å². The minimum absolute atomic E-state index is 0.0623. The van der Waals surface area contributed by atoms with Crippen LogP contribution in [0, 0.1) is 11.3 Å². The molecule has 176 valence electrons. The van der Waals surface area contributed by atoms with E-state index in [2.05, 4.69) is 22.8 Å². The first-order chi connectivity index (χ1) is 15.6. The van der Waals surface area contributed by atoms with Crippen molar-refractivity contribution in [1.29, 1.82) is 0 Å². The maximum Gasteiger partial charge on any atom is 0.407 e. The van der Waals surface area contributed by atoms with Gasteiger partial charge < -0.3 is 20.5 Å². The summed E-state index contributed by atoms with van der Waals surface area (Å²) in [6.07, 6.45) is -0.374. The molecular formula is C26H32N2O5. The van der Waals surface area contributed by atoms with E-state index >= 15 is 0 Å². The molecule has 2 aromatic rings. The largest absolute Gasteiger partial charge is 0.481 e. The molecule has 0 saturated carbocycles. The van der Waals surface area contributed by atoms with Crippen LogP contribution in [0.1, 0.15) is 51.2 Å². The number of rotatable bonds is 9. The average molecular weight is 453 g/mol. The lowest BCUT2D eigenvalue weighted by Gasteiger charge is -2.24. The second-order valence-electron chi connectivity index (χ2n) is 9.42. The molecule has 2 aromatic carbocycles. The molecule has 0 saturated heterocycles. The molecule has 1 aliphatic rings. The van der Waals surface area contributed by atoms with Gasteiger partial charge in [-0.15, -0.1) is 0 Å². The Kier molecular flexibility index (Phi) is 7.41. The summed E-state index contributed by atoms with van der Waals surface area (Å²) in [6.45, 7) is 7.24. The van der Waals surface area contributed by atoms with Gasteiger partial charge in [0.15, 0.2) is 0 Å². The monoisotopic (exact) mass is 452 g/mol. The SMILES string of the molecule is CC(C)[C@H](NC(=O)OCC1c2ccccc2-c2ccccc21)C(=O)NCCC(C)(C)C(=O)O. The zero-order valence-electron chi connectivity index (χ0n) is 19.6. The van der Waals surface area contributed by atoms with Gasteiger partial charge in [-0.25, -0.2) is 4.79 Å². The van der Waals surface area contributed by atoms with Crippen LogP contribution in [0.25, 0.3) is 11.1 Å². The van der Waals surface area contributed by atoms with Crippen molar-refractivity contribution < 1.29 is 24.2 Å². The summed E-state index contributed by atoms with van der Waals surface area (Å²) in [5, 5.41) is 14.6. The molecule has 33 heavy (non-hydrogen) atoms. The fourth-order valence-electron chi connectivity index (χ4n) is 4.02. The highest BCUT2D eigenvalue weighted by Crippen LogP contribution is 2.44. The quantitative estimate of drug-likeness (QED) is 0.530. The molecule has 7 heteroatoms. The first-order valence-electron chi connectivity index (χ1n) is 11.2. The Labute approximate surface area is 194 Å². The molecule has 7 nitrogen and oxygen atoms in total. The summed E-state index contributed by atoms with van der Waals surface area (Å²) in [7, 11) is 0. The predicted octanol–water partition coefficient (Wildman–Crippen LogP) is 4.17. The van der Waals surface area contributed by atoms with Crippen LogP contribution in [0.5, 0.6) is 0 Å². The van der Waals surface area contributed by atoms with Gasteiger partial charge in [-0.2, -0.15) is 0 Å². The molecule has 1 atom stereocenters. The number of carboxylic acid groups (broad SMARTS) is 1. The number of nitrogens with one attached hydrogen (secondary N) is 2. The van der Waals surface area contributed by atoms with Crippen molar-refractivity contribution in [3.63, 3.8) is 0 Å². The zero-order valence-corrected chi connectivity index (χ0v) is 19.6. The van der Waals surface area contributed by atoms with E-state index < -0.39 is 23.5 Å². The average Bonchev–Trinajstić information content (AvgIpc) is 3.09. The van der Waals surface area contributed by atoms with Crippen LogP contribution in [0.15, 0.2) is 48.5 Å². The second-order valence-corrected chi connectivity index (χ2v) is 9.42. The first-order valence-corrected chi connectivity index (χ1v) is 11.2. The van der Waals surface area contributed by atoms with Gasteiger partial charge in [0.05, 0.1) is 5.41 Å². The van der Waals surface area contributed by atoms with Gasteiger partial charge in [-0.3, -0.25) is 9.59 Å². The minimum Gasteiger partial charge on any atom is -0.481 e. The molecule has 0 radical (unpaired) electrons. The summed E-state index contributed by atoms with van der Waals surface area (Å²) in [4.78, 5) is 36.4. The number of carboxylic acids is 1.